The third-order valence-corrected chi connectivity index (χ3v) is 1.87. The SMILES string of the molecule is CC(C)[C@@H]1O[C@@H]1C(=O)[C@H](C)O. The zero-order valence-corrected chi connectivity index (χ0v) is 7.07. The quantitative estimate of drug-likeness (QED) is 0.603. The number of ether oxygens (including phenoxy) is 1. The normalized spacial score (nSPS) is 32.1. The van der Waals surface area contributed by atoms with Crippen LogP contribution in [0.25, 0.3) is 0 Å². The lowest BCUT2D eigenvalue weighted by molar-refractivity contribution is -0.127. The highest BCUT2D eigenvalue weighted by Crippen LogP contribution is 2.30. The van der Waals surface area contributed by atoms with Crippen molar-refractivity contribution < 1.29 is 14.6 Å². The fourth-order valence-corrected chi connectivity index (χ4v) is 1.10. The lowest BCUT2D eigenvalue weighted by Crippen LogP contribution is -2.24. The van der Waals surface area contributed by atoms with Crippen molar-refractivity contribution in [2.45, 2.75) is 39.1 Å². The number of carbonyl (C=O) groups is 1. The number of aliphatic hydroxyl groups is 1. The van der Waals surface area contributed by atoms with Crippen molar-refractivity contribution in [3.8, 4) is 0 Å². The van der Waals surface area contributed by atoms with Crippen molar-refractivity contribution in [3.63, 3.8) is 0 Å². The molecule has 64 valence electrons. The van der Waals surface area contributed by atoms with Gasteiger partial charge < -0.3 is 9.84 Å². The lowest BCUT2D eigenvalue weighted by Gasteiger charge is -1.99. The topological polar surface area (TPSA) is 49.8 Å². The molecule has 1 aliphatic rings. The summed E-state index contributed by atoms with van der Waals surface area (Å²) in [6.07, 6.45) is -1.18. The maximum Gasteiger partial charge on any atom is 0.192 e. The zero-order valence-electron chi connectivity index (χ0n) is 7.07. The lowest BCUT2D eigenvalue weighted by atomic mass is 10.0. The Bertz CT molecular complexity index is 163. The van der Waals surface area contributed by atoms with Crippen LogP contribution in [0.15, 0.2) is 0 Å². The van der Waals surface area contributed by atoms with Gasteiger partial charge in [0.15, 0.2) is 5.78 Å². The van der Waals surface area contributed by atoms with Gasteiger partial charge in [0.2, 0.25) is 0 Å². The van der Waals surface area contributed by atoms with Crippen molar-refractivity contribution in [1.82, 2.24) is 0 Å². The summed E-state index contributed by atoms with van der Waals surface area (Å²) in [5.74, 6) is 0.173. The molecule has 1 rings (SSSR count). The van der Waals surface area contributed by atoms with Crippen LogP contribution in [0, 0.1) is 5.92 Å². The Balaban J connectivity index is 2.38. The number of ketones is 1. The third kappa shape index (κ3) is 1.79. The Morgan fingerprint density at radius 1 is 1.45 bits per heavy atom. The van der Waals surface area contributed by atoms with Gasteiger partial charge in [-0.05, 0) is 12.8 Å². The first kappa shape index (κ1) is 8.68. The molecule has 11 heavy (non-hydrogen) atoms. The molecule has 1 N–H and O–H groups in total. The number of hydrogen-bond donors (Lipinski definition) is 1. The summed E-state index contributed by atoms with van der Waals surface area (Å²) in [5.41, 5.74) is 0. The molecule has 3 atom stereocenters. The maximum atomic E-state index is 11.0. The van der Waals surface area contributed by atoms with E-state index in [4.69, 9.17) is 9.84 Å². The Labute approximate surface area is 66.4 Å². The van der Waals surface area contributed by atoms with Crippen molar-refractivity contribution in [3.05, 3.63) is 0 Å². The molecule has 0 radical (unpaired) electrons. The van der Waals surface area contributed by atoms with Gasteiger partial charge in [-0.15, -0.1) is 0 Å². The highest BCUT2D eigenvalue weighted by Gasteiger charge is 2.47. The molecule has 0 aromatic rings. The number of carbonyl (C=O) groups excluding carboxylic acids is 1. The minimum Gasteiger partial charge on any atom is -0.386 e. The Morgan fingerprint density at radius 2 is 2.00 bits per heavy atom. The molecular weight excluding hydrogens is 144 g/mol. The fourth-order valence-electron chi connectivity index (χ4n) is 1.10. The Kier molecular flexibility index (Phi) is 2.30. The van der Waals surface area contributed by atoms with Gasteiger partial charge in [0.05, 0.1) is 6.10 Å². The molecule has 1 saturated heterocycles. The highest BCUT2D eigenvalue weighted by atomic mass is 16.6. The van der Waals surface area contributed by atoms with Crippen LogP contribution in [0.2, 0.25) is 0 Å². The van der Waals surface area contributed by atoms with Crippen LogP contribution in [0.1, 0.15) is 20.8 Å². The monoisotopic (exact) mass is 158 g/mol. The van der Waals surface area contributed by atoms with E-state index in [1.165, 1.54) is 6.92 Å². The first-order chi connectivity index (χ1) is 5.04. The first-order valence-electron chi connectivity index (χ1n) is 3.91. The van der Waals surface area contributed by atoms with E-state index in [1.807, 2.05) is 13.8 Å². The van der Waals surface area contributed by atoms with Crippen molar-refractivity contribution in [2.24, 2.45) is 5.92 Å². The summed E-state index contributed by atoms with van der Waals surface area (Å²) in [5, 5.41) is 8.90. The minimum absolute atomic E-state index is 0.0390. The predicted octanol–water partition coefficient (Wildman–Crippen LogP) is 0.360. The van der Waals surface area contributed by atoms with E-state index in [0.717, 1.165) is 0 Å². The summed E-state index contributed by atoms with van der Waals surface area (Å²) < 4.78 is 5.09. The second-order valence-corrected chi connectivity index (χ2v) is 3.34. The van der Waals surface area contributed by atoms with Crippen LogP contribution >= 0.6 is 0 Å². The van der Waals surface area contributed by atoms with Gasteiger partial charge in [-0.1, -0.05) is 13.8 Å². The molecule has 0 aromatic heterocycles. The van der Waals surface area contributed by atoms with Crippen LogP contribution in [-0.4, -0.2) is 29.2 Å². The molecule has 0 unspecified atom stereocenters. The highest BCUT2D eigenvalue weighted by molar-refractivity contribution is 5.89. The van der Waals surface area contributed by atoms with E-state index < -0.39 is 6.10 Å². The van der Waals surface area contributed by atoms with E-state index in [9.17, 15) is 4.79 Å². The molecule has 0 aromatic carbocycles. The van der Waals surface area contributed by atoms with Crippen LogP contribution in [0.3, 0.4) is 0 Å². The molecule has 0 aliphatic carbocycles. The molecule has 0 bridgehead atoms. The van der Waals surface area contributed by atoms with E-state index >= 15 is 0 Å². The van der Waals surface area contributed by atoms with Gasteiger partial charge in [0, 0.05) is 0 Å². The number of hydrogen-bond acceptors (Lipinski definition) is 3. The number of epoxide rings is 1. The molecule has 1 heterocycles. The number of aliphatic hydroxyl groups excluding tert-OH is 1. The van der Waals surface area contributed by atoms with Gasteiger partial charge in [-0.25, -0.2) is 0 Å². The summed E-state index contributed by atoms with van der Waals surface area (Å²) >= 11 is 0. The summed E-state index contributed by atoms with van der Waals surface area (Å²) in [7, 11) is 0. The van der Waals surface area contributed by atoms with Crippen molar-refractivity contribution >= 4 is 5.78 Å². The van der Waals surface area contributed by atoms with Crippen molar-refractivity contribution in [2.75, 3.05) is 0 Å². The minimum atomic E-state index is -0.885. The molecule has 0 spiro atoms. The summed E-state index contributed by atoms with van der Waals surface area (Å²) in [6, 6.07) is 0. The molecule has 3 nitrogen and oxygen atoms in total. The fraction of sp³-hybridized carbons (Fsp3) is 0.875. The standard InChI is InChI=1S/C8H14O3/c1-4(2)7-8(11-7)6(10)5(3)9/h4-5,7-9H,1-3H3/t5-,7-,8+/m0/s1. The van der Waals surface area contributed by atoms with Crippen LogP contribution in [0.5, 0.6) is 0 Å². The summed E-state index contributed by atoms with van der Waals surface area (Å²) in [4.78, 5) is 11.0. The molecule has 0 saturated carbocycles. The van der Waals surface area contributed by atoms with Crippen molar-refractivity contribution in [1.29, 1.82) is 0 Å². The summed E-state index contributed by atoms with van der Waals surface area (Å²) in [6.45, 7) is 5.47. The zero-order chi connectivity index (χ0) is 8.59. The van der Waals surface area contributed by atoms with Crippen LogP contribution in [0.4, 0.5) is 0 Å². The van der Waals surface area contributed by atoms with Crippen LogP contribution in [-0.2, 0) is 9.53 Å². The predicted molar refractivity (Wildman–Crippen MR) is 40.2 cm³/mol. The molecule has 1 aliphatic heterocycles. The Morgan fingerprint density at radius 3 is 2.27 bits per heavy atom. The second kappa shape index (κ2) is 2.91. The molecule has 0 amide bonds. The molecule has 1 fully saturated rings. The van der Waals surface area contributed by atoms with E-state index in [0.29, 0.717) is 5.92 Å². The van der Waals surface area contributed by atoms with E-state index in [-0.39, 0.29) is 18.0 Å². The van der Waals surface area contributed by atoms with Crippen LogP contribution < -0.4 is 0 Å². The average Bonchev–Trinajstić information content (AvgIpc) is 2.63. The van der Waals surface area contributed by atoms with Gasteiger partial charge in [-0.2, -0.15) is 0 Å². The average molecular weight is 158 g/mol. The van der Waals surface area contributed by atoms with Gasteiger partial charge in [0.25, 0.3) is 0 Å². The van der Waals surface area contributed by atoms with Gasteiger partial charge >= 0.3 is 0 Å². The number of rotatable bonds is 3. The van der Waals surface area contributed by atoms with Gasteiger partial charge in [0.1, 0.15) is 12.2 Å². The largest absolute Gasteiger partial charge is 0.386 e. The number of Topliss-reactive ketones (excluding diaryl/α,β-unsaturated/α-hetero) is 1. The van der Waals surface area contributed by atoms with E-state index in [1.54, 1.807) is 0 Å². The second-order valence-electron chi connectivity index (χ2n) is 3.34. The molecular formula is C8H14O3. The first-order valence-corrected chi connectivity index (χ1v) is 3.91. The van der Waals surface area contributed by atoms with Gasteiger partial charge in [-0.3, -0.25) is 4.79 Å². The maximum absolute atomic E-state index is 11.0. The molecule has 3 heteroatoms. The van der Waals surface area contributed by atoms with E-state index in [2.05, 4.69) is 0 Å². The third-order valence-electron chi connectivity index (χ3n) is 1.87. The smallest absolute Gasteiger partial charge is 0.192 e. The Hall–Kier alpha value is -0.410.